The highest BCUT2D eigenvalue weighted by Crippen LogP contribution is 2.25. The van der Waals surface area contributed by atoms with Crippen LogP contribution in [0, 0.1) is 0 Å². The first-order valence-electron chi connectivity index (χ1n) is 10.2. The fourth-order valence-electron chi connectivity index (χ4n) is 3.56. The average molecular weight is 454 g/mol. The number of benzene rings is 3. The van der Waals surface area contributed by atoms with Crippen molar-refractivity contribution in [2.75, 3.05) is 19.7 Å². The molecule has 0 atom stereocenters. The van der Waals surface area contributed by atoms with Crippen molar-refractivity contribution in [2.45, 2.75) is 17.7 Å². The van der Waals surface area contributed by atoms with Crippen LogP contribution in [-0.4, -0.2) is 44.2 Å². The highest BCUT2D eigenvalue weighted by molar-refractivity contribution is 7.89. The van der Waals surface area contributed by atoms with Crippen LogP contribution in [0.4, 0.5) is 0 Å². The smallest absolute Gasteiger partial charge is 0.276 e. The summed E-state index contributed by atoms with van der Waals surface area (Å²) in [6, 6.07) is 18.8. The number of carbonyl (C=O) groups excluding carboxylic acids is 2. The van der Waals surface area contributed by atoms with Gasteiger partial charge in [-0.05, 0) is 48.6 Å². The van der Waals surface area contributed by atoms with Gasteiger partial charge in [-0.1, -0.05) is 36.4 Å². The van der Waals surface area contributed by atoms with E-state index in [4.69, 9.17) is 4.74 Å². The van der Waals surface area contributed by atoms with Crippen molar-refractivity contribution in [1.29, 1.82) is 0 Å². The fraction of sp³-hybridized carbons (Fsp3) is 0.217. The second-order valence-corrected chi connectivity index (χ2v) is 9.34. The van der Waals surface area contributed by atoms with E-state index >= 15 is 0 Å². The van der Waals surface area contributed by atoms with Gasteiger partial charge in [0.2, 0.25) is 10.0 Å². The van der Waals surface area contributed by atoms with Gasteiger partial charge >= 0.3 is 0 Å². The van der Waals surface area contributed by atoms with Crippen molar-refractivity contribution in [1.82, 2.24) is 15.2 Å². The van der Waals surface area contributed by atoms with E-state index in [0.29, 0.717) is 18.8 Å². The number of amides is 2. The maximum Gasteiger partial charge on any atom is 0.276 e. The Morgan fingerprint density at radius 3 is 2.31 bits per heavy atom. The minimum absolute atomic E-state index is 0.142. The number of nitrogens with one attached hydrogen (secondary N) is 2. The first-order valence-corrected chi connectivity index (χ1v) is 11.7. The summed E-state index contributed by atoms with van der Waals surface area (Å²) in [6.45, 7) is 0.746. The maximum absolute atomic E-state index is 12.6. The lowest BCUT2D eigenvalue weighted by molar-refractivity contribution is -0.123. The van der Waals surface area contributed by atoms with Crippen LogP contribution in [0.5, 0.6) is 5.75 Å². The Morgan fingerprint density at radius 1 is 0.875 bits per heavy atom. The van der Waals surface area contributed by atoms with Gasteiger partial charge < -0.3 is 4.74 Å². The third-order valence-corrected chi connectivity index (χ3v) is 7.16. The normalized spacial score (nSPS) is 14.2. The molecule has 166 valence electrons. The number of carbonyl (C=O) groups is 2. The molecule has 3 aromatic rings. The second kappa shape index (κ2) is 9.37. The Balaban J connectivity index is 1.31. The van der Waals surface area contributed by atoms with E-state index in [-0.39, 0.29) is 17.1 Å². The van der Waals surface area contributed by atoms with Crippen molar-refractivity contribution < 1.29 is 22.7 Å². The summed E-state index contributed by atoms with van der Waals surface area (Å²) in [5.41, 5.74) is 4.83. The number of fused-ring (bicyclic) bond motifs is 1. The molecule has 1 aliphatic rings. The predicted molar refractivity (Wildman–Crippen MR) is 119 cm³/mol. The third-order valence-electron chi connectivity index (χ3n) is 5.24. The van der Waals surface area contributed by atoms with Gasteiger partial charge in [0.15, 0.2) is 6.61 Å². The van der Waals surface area contributed by atoms with Crippen LogP contribution < -0.4 is 15.6 Å². The highest BCUT2D eigenvalue weighted by atomic mass is 32.2. The van der Waals surface area contributed by atoms with Gasteiger partial charge in [0.25, 0.3) is 11.8 Å². The fourth-order valence-corrected chi connectivity index (χ4v) is 5.07. The largest absolute Gasteiger partial charge is 0.483 e. The summed E-state index contributed by atoms with van der Waals surface area (Å²) >= 11 is 0. The lowest BCUT2D eigenvalue weighted by atomic mass is 10.1. The summed E-state index contributed by atoms with van der Waals surface area (Å²) in [5, 5.41) is 1.88. The predicted octanol–water partition coefficient (Wildman–Crippen LogP) is 2.46. The first-order chi connectivity index (χ1) is 15.4. The Bertz CT molecular complexity index is 1230. The molecule has 4 rings (SSSR count). The van der Waals surface area contributed by atoms with Gasteiger partial charge in [-0.3, -0.25) is 20.4 Å². The second-order valence-electron chi connectivity index (χ2n) is 7.40. The topological polar surface area (TPSA) is 105 Å². The van der Waals surface area contributed by atoms with Crippen LogP contribution in [0.3, 0.4) is 0 Å². The molecule has 1 saturated heterocycles. The lowest BCUT2D eigenvalue weighted by Gasteiger charge is -2.15. The van der Waals surface area contributed by atoms with E-state index in [9.17, 15) is 18.0 Å². The molecule has 1 fully saturated rings. The van der Waals surface area contributed by atoms with Crippen LogP contribution in [0.2, 0.25) is 0 Å². The summed E-state index contributed by atoms with van der Waals surface area (Å²) in [5.74, 6) is -0.521. The molecule has 0 saturated carbocycles. The molecular weight excluding hydrogens is 430 g/mol. The maximum atomic E-state index is 12.6. The molecule has 8 nitrogen and oxygen atoms in total. The summed E-state index contributed by atoms with van der Waals surface area (Å²) < 4.78 is 32.1. The Labute approximate surface area is 186 Å². The van der Waals surface area contributed by atoms with Crippen LogP contribution in [-0.2, 0) is 14.8 Å². The average Bonchev–Trinajstić information content (AvgIpc) is 3.37. The Kier molecular flexibility index (Phi) is 6.38. The van der Waals surface area contributed by atoms with Gasteiger partial charge in [0, 0.05) is 24.0 Å². The van der Waals surface area contributed by atoms with E-state index in [1.54, 1.807) is 6.07 Å². The van der Waals surface area contributed by atoms with E-state index in [1.165, 1.54) is 28.6 Å². The van der Waals surface area contributed by atoms with Crippen molar-refractivity contribution in [3.63, 3.8) is 0 Å². The molecule has 2 N–H and O–H groups in total. The summed E-state index contributed by atoms with van der Waals surface area (Å²) in [6.07, 6.45) is 1.70. The Morgan fingerprint density at radius 2 is 1.56 bits per heavy atom. The minimum Gasteiger partial charge on any atom is -0.483 e. The zero-order valence-electron chi connectivity index (χ0n) is 17.3. The van der Waals surface area contributed by atoms with E-state index < -0.39 is 21.8 Å². The number of hydrazine groups is 1. The lowest BCUT2D eigenvalue weighted by Crippen LogP contribution is -2.43. The first kappa shape index (κ1) is 21.8. The van der Waals surface area contributed by atoms with Gasteiger partial charge in [-0.15, -0.1) is 0 Å². The van der Waals surface area contributed by atoms with E-state index in [2.05, 4.69) is 10.9 Å². The van der Waals surface area contributed by atoms with Crippen molar-refractivity contribution in [3.05, 3.63) is 72.3 Å². The molecule has 1 aliphatic heterocycles. The summed E-state index contributed by atoms with van der Waals surface area (Å²) in [7, 11) is -3.54. The number of sulfonamides is 1. The molecule has 9 heteroatoms. The van der Waals surface area contributed by atoms with Crippen molar-refractivity contribution in [2.24, 2.45) is 0 Å². The number of nitrogens with zero attached hydrogens (tertiary/aromatic N) is 1. The number of ether oxygens (including phenoxy) is 1. The molecule has 0 aliphatic carbocycles. The van der Waals surface area contributed by atoms with Crippen LogP contribution in [0.1, 0.15) is 23.2 Å². The van der Waals surface area contributed by atoms with Crippen LogP contribution >= 0.6 is 0 Å². The highest BCUT2D eigenvalue weighted by Gasteiger charge is 2.27. The number of rotatable bonds is 6. The monoisotopic (exact) mass is 453 g/mol. The van der Waals surface area contributed by atoms with Crippen molar-refractivity contribution >= 4 is 32.6 Å². The summed E-state index contributed by atoms with van der Waals surface area (Å²) in [4.78, 5) is 24.5. The number of hydrogen-bond donors (Lipinski definition) is 2. The van der Waals surface area contributed by atoms with Gasteiger partial charge in [0.1, 0.15) is 5.75 Å². The molecule has 0 radical (unpaired) electrons. The standard InChI is InChI=1S/C23H23N3O5S/c27-22(16-31-21-9-5-7-17-6-1-2-8-20(17)21)24-25-23(28)18-10-12-19(13-11-18)32(29,30)26-14-3-4-15-26/h1-2,5-13H,3-4,14-16H2,(H,24,27)(H,25,28). The van der Waals surface area contributed by atoms with E-state index in [0.717, 1.165) is 23.6 Å². The third kappa shape index (κ3) is 4.74. The molecule has 2 amide bonds. The molecule has 0 bridgehead atoms. The molecule has 0 aromatic heterocycles. The molecule has 0 spiro atoms. The zero-order valence-corrected chi connectivity index (χ0v) is 18.1. The molecule has 32 heavy (non-hydrogen) atoms. The zero-order chi connectivity index (χ0) is 22.6. The van der Waals surface area contributed by atoms with Crippen molar-refractivity contribution in [3.8, 4) is 5.75 Å². The quantitative estimate of drug-likeness (QED) is 0.558. The molecular formula is C23H23N3O5S. The molecule has 1 heterocycles. The van der Waals surface area contributed by atoms with Gasteiger partial charge in [0.05, 0.1) is 4.90 Å². The van der Waals surface area contributed by atoms with Crippen LogP contribution in [0.15, 0.2) is 71.6 Å². The van der Waals surface area contributed by atoms with E-state index in [1.807, 2.05) is 36.4 Å². The van der Waals surface area contributed by atoms with Gasteiger partial charge in [-0.25, -0.2) is 8.42 Å². The number of hydrogen-bond acceptors (Lipinski definition) is 5. The molecule has 3 aromatic carbocycles. The molecule has 0 unspecified atom stereocenters. The minimum atomic E-state index is -3.54. The van der Waals surface area contributed by atoms with Crippen LogP contribution in [0.25, 0.3) is 10.8 Å². The Hall–Kier alpha value is -3.43. The van der Waals surface area contributed by atoms with Gasteiger partial charge in [-0.2, -0.15) is 4.31 Å². The SMILES string of the molecule is O=C(COc1cccc2ccccc12)NNC(=O)c1ccc(S(=O)(=O)N2CCCC2)cc1.